The number of ether oxygens (including phenoxy) is 1. The van der Waals surface area contributed by atoms with Crippen LogP contribution in [0.25, 0.3) is 0 Å². The summed E-state index contributed by atoms with van der Waals surface area (Å²) in [4.78, 5) is 0. The fraction of sp³-hybridized carbons (Fsp3) is 1.00. The van der Waals surface area contributed by atoms with Crippen LogP contribution in [-0.4, -0.2) is 51.8 Å². The van der Waals surface area contributed by atoms with E-state index in [-0.39, 0.29) is 24.8 Å². The van der Waals surface area contributed by atoms with Gasteiger partial charge in [0.1, 0.15) is 0 Å². The largest absolute Gasteiger partial charge is 0.384 e. The van der Waals surface area contributed by atoms with Gasteiger partial charge in [0.05, 0.1) is 12.4 Å². The highest BCUT2D eigenvalue weighted by atomic mass is 35.5. The van der Waals surface area contributed by atoms with Gasteiger partial charge in [0.15, 0.2) is 0 Å². The van der Waals surface area contributed by atoms with Gasteiger partial charge in [-0.3, -0.25) is 0 Å². The number of sulfonamides is 1. The SMILES string of the molecule is COCCS(=O)(=O)N1CCC(CN)CC1.Cl. The van der Waals surface area contributed by atoms with Crippen LogP contribution in [0.1, 0.15) is 12.8 Å². The highest BCUT2D eigenvalue weighted by molar-refractivity contribution is 7.89. The van der Waals surface area contributed by atoms with Gasteiger partial charge in [-0.05, 0) is 25.3 Å². The molecule has 0 saturated carbocycles. The van der Waals surface area contributed by atoms with Gasteiger partial charge >= 0.3 is 0 Å². The van der Waals surface area contributed by atoms with Crippen LogP contribution >= 0.6 is 12.4 Å². The molecule has 1 saturated heterocycles. The molecular weight excluding hydrogens is 252 g/mol. The maximum Gasteiger partial charge on any atom is 0.216 e. The van der Waals surface area contributed by atoms with Gasteiger partial charge in [0, 0.05) is 20.2 Å². The van der Waals surface area contributed by atoms with Gasteiger partial charge in [-0.15, -0.1) is 12.4 Å². The summed E-state index contributed by atoms with van der Waals surface area (Å²) in [5.74, 6) is 0.565. The predicted molar refractivity (Wildman–Crippen MR) is 66.3 cm³/mol. The molecule has 1 aliphatic heterocycles. The molecule has 98 valence electrons. The second kappa shape index (κ2) is 7.45. The van der Waals surface area contributed by atoms with E-state index in [0.29, 0.717) is 25.6 Å². The second-order valence-corrected chi connectivity index (χ2v) is 5.98. The van der Waals surface area contributed by atoms with Gasteiger partial charge in [-0.25, -0.2) is 12.7 Å². The third kappa shape index (κ3) is 4.55. The van der Waals surface area contributed by atoms with E-state index in [1.165, 1.54) is 7.11 Å². The molecule has 5 nitrogen and oxygen atoms in total. The molecule has 0 aliphatic carbocycles. The summed E-state index contributed by atoms with van der Waals surface area (Å²) in [5.41, 5.74) is 5.55. The van der Waals surface area contributed by atoms with Crippen LogP contribution in [0.3, 0.4) is 0 Å². The molecule has 1 rings (SSSR count). The zero-order valence-electron chi connectivity index (χ0n) is 9.59. The van der Waals surface area contributed by atoms with Crippen molar-refractivity contribution in [1.29, 1.82) is 0 Å². The van der Waals surface area contributed by atoms with E-state index in [2.05, 4.69) is 0 Å². The Balaban J connectivity index is 0.00000225. The average Bonchev–Trinajstić information content (AvgIpc) is 2.26. The molecule has 7 heteroatoms. The molecule has 0 aromatic carbocycles. The molecule has 0 aromatic rings. The molecule has 0 amide bonds. The van der Waals surface area contributed by atoms with Crippen molar-refractivity contribution >= 4 is 22.4 Å². The van der Waals surface area contributed by atoms with Crippen molar-refractivity contribution in [3.05, 3.63) is 0 Å². The maximum atomic E-state index is 11.8. The lowest BCUT2D eigenvalue weighted by Gasteiger charge is -2.30. The molecule has 1 fully saturated rings. The highest BCUT2D eigenvalue weighted by Gasteiger charge is 2.26. The minimum Gasteiger partial charge on any atom is -0.384 e. The monoisotopic (exact) mass is 272 g/mol. The number of hydrogen-bond donors (Lipinski definition) is 1. The van der Waals surface area contributed by atoms with Crippen LogP contribution in [0, 0.1) is 5.92 Å². The normalized spacial score (nSPS) is 19.4. The molecule has 0 bridgehead atoms. The molecule has 0 aromatic heterocycles. The van der Waals surface area contributed by atoms with Gasteiger partial charge in [0.2, 0.25) is 10.0 Å². The number of hydrogen-bond acceptors (Lipinski definition) is 4. The summed E-state index contributed by atoms with van der Waals surface area (Å²) in [7, 11) is -1.60. The van der Waals surface area contributed by atoms with E-state index >= 15 is 0 Å². The van der Waals surface area contributed by atoms with Crippen LogP contribution in [0.5, 0.6) is 0 Å². The minimum atomic E-state index is -3.11. The Labute approximate surface area is 104 Å². The molecule has 0 atom stereocenters. The molecule has 1 heterocycles. The zero-order valence-corrected chi connectivity index (χ0v) is 11.2. The third-order valence-corrected chi connectivity index (χ3v) is 4.68. The van der Waals surface area contributed by atoms with Gasteiger partial charge in [0.25, 0.3) is 0 Å². The van der Waals surface area contributed by atoms with Crippen molar-refractivity contribution in [3.63, 3.8) is 0 Å². The fourth-order valence-corrected chi connectivity index (χ4v) is 3.14. The van der Waals surface area contributed by atoms with Crippen LogP contribution < -0.4 is 5.73 Å². The van der Waals surface area contributed by atoms with E-state index in [9.17, 15) is 8.42 Å². The van der Waals surface area contributed by atoms with Crippen molar-refractivity contribution in [1.82, 2.24) is 4.31 Å². The standard InChI is InChI=1S/C9H20N2O3S.ClH/c1-14-6-7-15(12,13)11-4-2-9(8-10)3-5-11;/h9H,2-8,10H2,1H3;1H. The highest BCUT2D eigenvalue weighted by Crippen LogP contribution is 2.18. The summed E-state index contributed by atoms with van der Waals surface area (Å²) in [5, 5.41) is 0. The minimum absolute atomic E-state index is 0. The molecule has 16 heavy (non-hydrogen) atoms. The number of rotatable bonds is 5. The molecule has 0 unspecified atom stereocenters. The number of nitrogens with two attached hydrogens (primary N) is 1. The summed E-state index contributed by atoms with van der Waals surface area (Å²) in [6.07, 6.45) is 1.76. The quantitative estimate of drug-likeness (QED) is 0.768. The molecule has 2 N–H and O–H groups in total. The van der Waals surface area contributed by atoms with E-state index in [4.69, 9.17) is 10.5 Å². The van der Waals surface area contributed by atoms with Crippen LogP contribution in [0.15, 0.2) is 0 Å². The van der Waals surface area contributed by atoms with Gasteiger partial charge < -0.3 is 10.5 Å². The Hall–Kier alpha value is 0.120. The molecule has 0 spiro atoms. The van der Waals surface area contributed by atoms with Crippen LogP contribution in [0.4, 0.5) is 0 Å². The Kier molecular flexibility index (Phi) is 7.50. The fourth-order valence-electron chi connectivity index (χ4n) is 1.74. The lowest BCUT2D eigenvalue weighted by atomic mass is 9.99. The smallest absolute Gasteiger partial charge is 0.216 e. The van der Waals surface area contributed by atoms with E-state index in [1.54, 1.807) is 4.31 Å². The summed E-state index contributed by atoms with van der Waals surface area (Å²) in [6, 6.07) is 0. The Morgan fingerprint density at radius 2 is 1.94 bits per heavy atom. The lowest BCUT2D eigenvalue weighted by Crippen LogP contribution is -2.41. The first-order valence-electron chi connectivity index (χ1n) is 5.27. The topological polar surface area (TPSA) is 72.6 Å². The Morgan fingerprint density at radius 3 is 2.38 bits per heavy atom. The van der Waals surface area contributed by atoms with E-state index in [1.807, 2.05) is 0 Å². The lowest BCUT2D eigenvalue weighted by molar-refractivity contribution is 0.213. The Bertz CT molecular complexity index is 276. The second-order valence-electron chi connectivity index (χ2n) is 3.89. The maximum absolute atomic E-state index is 11.8. The average molecular weight is 273 g/mol. The first-order chi connectivity index (χ1) is 7.10. The number of piperidine rings is 1. The van der Waals surface area contributed by atoms with Crippen molar-refractivity contribution < 1.29 is 13.2 Å². The molecule has 0 radical (unpaired) electrons. The predicted octanol–water partition coefficient (Wildman–Crippen LogP) is 0.0551. The zero-order chi connectivity index (χ0) is 11.3. The summed E-state index contributed by atoms with van der Waals surface area (Å²) >= 11 is 0. The molecular formula is C9H21ClN2O3S. The van der Waals surface area contributed by atoms with Crippen molar-refractivity contribution in [2.24, 2.45) is 11.7 Å². The number of nitrogens with zero attached hydrogens (tertiary/aromatic N) is 1. The van der Waals surface area contributed by atoms with E-state index < -0.39 is 10.0 Å². The third-order valence-electron chi connectivity index (χ3n) is 2.85. The van der Waals surface area contributed by atoms with Crippen molar-refractivity contribution in [2.45, 2.75) is 12.8 Å². The van der Waals surface area contributed by atoms with Gasteiger partial charge in [-0.1, -0.05) is 0 Å². The number of methoxy groups -OCH3 is 1. The van der Waals surface area contributed by atoms with Crippen molar-refractivity contribution in [2.75, 3.05) is 39.1 Å². The number of halogens is 1. The molecule has 1 aliphatic rings. The summed E-state index contributed by atoms with van der Waals surface area (Å²) in [6.45, 7) is 2.13. The summed E-state index contributed by atoms with van der Waals surface area (Å²) < 4.78 is 29.8. The van der Waals surface area contributed by atoms with Gasteiger partial charge in [-0.2, -0.15) is 0 Å². The van der Waals surface area contributed by atoms with E-state index in [0.717, 1.165) is 12.8 Å². The van der Waals surface area contributed by atoms with Crippen LogP contribution in [0.2, 0.25) is 0 Å². The van der Waals surface area contributed by atoms with Crippen LogP contribution in [-0.2, 0) is 14.8 Å². The van der Waals surface area contributed by atoms with Crippen molar-refractivity contribution in [3.8, 4) is 0 Å². The first-order valence-corrected chi connectivity index (χ1v) is 6.88. The first kappa shape index (κ1) is 16.1. The Morgan fingerprint density at radius 1 is 1.38 bits per heavy atom.